The molecule has 1 aliphatic rings. The third-order valence-electron chi connectivity index (χ3n) is 5.16. The van der Waals surface area contributed by atoms with Crippen LogP contribution in [0.25, 0.3) is 0 Å². The molecule has 0 spiro atoms. The standard InChI is InChI=1S/C23H23N3O2S/c1-16-14-21(27)25-18-10-5-6-11-19(18)26(16)22(28)15-24-23(20-12-7-13-29-20)17-8-3-2-4-9-17/h2-13,16,23-24H,14-15H2,1H3,(H,25,27)/p+1/t16-,23+/m0/s1. The number of thiophene rings is 1. The predicted molar refractivity (Wildman–Crippen MR) is 116 cm³/mol. The molecule has 0 aliphatic carbocycles. The van der Waals surface area contributed by atoms with E-state index in [1.807, 2.05) is 55.5 Å². The minimum absolute atomic E-state index is 0.000984. The van der Waals surface area contributed by atoms with Gasteiger partial charge in [-0.3, -0.25) is 9.59 Å². The lowest BCUT2D eigenvalue weighted by Gasteiger charge is -2.27. The molecule has 0 saturated carbocycles. The van der Waals surface area contributed by atoms with Crippen molar-refractivity contribution in [3.63, 3.8) is 0 Å². The number of nitrogens with one attached hydrogen (secondary N) is 1. The van der Waals surface area contributed by atoms with Gasteiger partial charge in [0.1, 0.15) is 6.04 Å². The lowest BCUT2D eigenvalue weighted by Crippen LogP contribution is -2.88. The summed E-state index contributed by atoms with van der Waals surface area (Å²) in [6.45, 7) is 2.22. The van der Waals surface area contributed by atoms with Gasteiger partial charge in [-0.05, 0) is 30.5 Å². The molecule has 2 aromatic carbocycles. The summed E-state index contributed by atoms with van der Waals surface area (Å²) in [7, 11) is 0. The summed E-state index contributed by atoms with van der Waals surface area (Å²) in [5, 5.41) is 7.05. The number of carbonyl (C=O) groups excluding carboxylic acids is 2. The Balaban J connectivity index is 1.57. The quantitative estimate of drug-likeness (QED) is 0.684. The molecule has 29 heavy (non-hydrogen) atoms. The second kappa shape index (κ2) is 8.59. The number of nitrogens with two attached hydrogens (primary N) is 1. The van der Waals surface area contributed by atoms with E-state index in [0.717, 1.165) is 5.69 Å². The number of amides is 2. The SMILES string of the molecule is C[C@H]1CC(=O)Nc2ccccc2N1C(=O)C[NH2+][C@H](c1ccccc1)c1cccs1. The van der Waals surface area contributed by atoms with Crippen LogP contribution in [0.15, 0.2) is 72.1 Å². The van der Waals surface area contributed by atoms with Crippen molar-refractivity contribution >= 4 is 34.5 Å². The molecule has 6 heteroatoms. The lowest BCUT2D eigenvalue weighted by molar-refractivity contribution is -0.676. The molecule has 1 aromatic heterocycles. The smallest absolute Gasteiger partial charge is 0.282 e. The highest BCUT2D eigenvalue weighted by atomic mass is 32.1. The zero-order valence-electron chi connectivity index (χ0n) is 16.2. The molecular weight excluding hydrogens is 382 g/mol. The fraction of sp³-hybridized carbons (Fsp3) is 0.217. The highest BCUT2D eigenvalue weighted by molar-refractivity contribution is 7.10. The van der Waals surface area contributed by atoms with Crippen LogP contribution in [0.4, 0.5) is 11.4 Å². The van der Waals surface area contributed by atoms with Crippen LogP contribution in [0.1, 0.15) is 29.8 Å². The van der Waals surface area contributed by atoms with Crippen molar-refractivity contribution in [2.24, 2.45) is 0 Å². The van der Waals surface area contributed by atoms with Gasteiger partial charge in [-0.15, -0.1) is 11.3 Å². The Kier molecular flexibility index (Phi) is 5.74. The van der Waals surface area contributed by atoms with Crippen molar-refractivity contribution < 1.29 is 14.9 Å². The number of carbonyl (C=O) groups is 2. The summed E-state index contributed by atoms with van der Waals surface area (Å²) in [4.78, 5) is 28.4. The average molecular weight is 407 g/mol. The first kappa shape index (κ1) is 19.4. The summed E-state index contributed by atoms with van der Waals surface area (Å²) < 4.78 is 0. The Hall–Kier alpha value is -2.96. The molecule has 0 unspecified atom stereocenters. The topological polar surface area (TPSA) is 66.0 Å². The monoisotopic (exact) mass is 406 g/mol. The number of rotatable bonds is 5. The first-order valence-electron chi connectivity index (χ1n) is 9.76. The van der Waals surface area contributed by atoms with E-state index in [1.54, 1.807) is 16.2 Å². The zero-order valence-corrected chi connectivity index (χ0v) is 17.1. The van der Waals surface area contributed by atoms with Gasteiger partial charge in [0, 0.05) is 18.0 Å². The van der Waals surface area contributed by atoms with E-state index in [4.69, 9.17) is 0 Å². The van der Waals surface area contributed by atoms with E-state index in [-0.39, 0.29) is 30.3 Å². The number of hydrogen-bond donors (Lipinski definition) is 2. The van der Waals surface area contributed by atoms with Gasteiger partial charge in [0.2, 0.25) is 5.91 Å². The van der Waals surface area contributed by atoms with Gasteiger partial charge in [-0.25, -0.2) is 0 Å². The Morgan fingerprint density at radius 2 is 1.90 bits per heavy atom. The molecule has 1 aliphatic heterocycles. The number of nitrogens with zero attached hydrogens (tertiary/aromatic N) is 1. The van der Waals surface area contributed by atoms with Crippen LogP contribution in [0.3, 0.4) is 0 Å². The van der Waals surface area contributed by atoms with Crippen LogP contribution in [-0.4, -0.2) is 24.4 Å². The third-order valence-corrected chi connectivity index (χ3v) is 6.12. The Bertz CT molecular complexity index is 988. The number of para-hydroxylation sites is 2. The molecule has 0 saturated heterocycles. The highest BCUT2D eigenvalue weighted by Crippen LogP contribution is 2.31. The van der Waals surface area contributed by atoms with Crippen molar-refractivity contribution in [3.8, 4) is 0 Å². The number of fused-ring (bicyclic) bond motifs is 1. The van der Waals surface area contributed by atoms with Crippen molar-refractivity contribution in [2.75, 3.05) is 16.8 Å². The average Bonchev–Trinajstić information content (AvgIpc) is 3.20. The van der Waals surface area contributed by atoms with Gasteiger partial charge in [-0.2, -0.15) is 0 Å². The molecule has 2 atom stereocenters. The van der Waals surface area contributed by atoms with Gasteiger partial charge in [0.05, 0.1) is 16.3 Å². The van der Waals surface area contributed by atoms with Gasteiger partial charge in [-0.1, -0.05) is 48.5 Å². The van der Waals surface area contributed by atoms with Crippen molar-refractivity contribution in [1.82, 2.24) is 0 Å². The van der Waals surface area contributed by atoms with Gasteiger partial charge < -0.3 is 15.5 Å². The minimum atomic E-state index is -0.198. The minimum Gasteiger partial charge on any atom is -0.328 e. The van der Waals surface area contributed by atoms with Crippen LogP contribution in [0.5, 0.6) is 0 Å². The van der Waals surface area contributed by atoms with E-state index >= 15 is 0 Å². The Morgan fingerprint density at radius 3 is 2.66 bits per heavy atom. The predicted octanol–water partition coefficient (Wildman–Crippen LogP) is 3.16. The summed E-state index contributed by atoms with van der Waals surface area (Å²) in [6, 6.07) is 21.7. The third kappa shape index (κ3) is 4.23. The zero-order chi connectivity index (χ0) is 20.2. The van der Waals surface area contributed by atoms with Crippen LogP contribution in [0, 0.1) is 0 Å². The highest BCUT2D eigenvalue weighted by Gasteiger charge is 2.31. The molecular formula is C23H24N3O2S+. The molecule has 3 N–H and O–H groups in total. The normalized spacial score (nSPS) is 17.2. The lowest BCUT2D eigenvalue weighted by atomic mass is 10.1. The summed E-state index contributed by atoms with van der Waals surface area (Å²) in [5.74, 6) is -0.0658. The first-order valence-corrected chi connectivity index (χ1v) is 10.6. The number of anilines is 2. The molecule has 148 valence electrons. The largest absolute Gasteiger partial charge is 0.328 e. The van der Waals surface area contributed by atoms with Crippen LogP contribution in [-0.2, 0) is 9.59 Å². The first-order chi connectivity index (χ1) is 14.1. The Morgan fingerprint density at radius 1 is 1.14 bits per heavy atom. The van der Waals surface area contributed by atoms with Crippen molar-refractivity contribution in [3.05, 3.63) is 82.6 Å². The van der Waals surface area contributed by atoms with Gasteiger partial charge in [0.25, 0.3) is 5.91 Å². The summed E-state index contributed by atoms with van der Waals surface area (Å²) >= 11 is 1.70. The molecule has 3 aromatic rings. The molecule has 5 nitrogen and oxygen atoms in total. The molecule has 0 fully saturated rings. The van der Waals surface area contributed by atoms with Crippen LogP contribution in [0.2, 0.25) is 0 Å². The van der Waals surface area contributed by atoms with Crippen LogP contribution < -0.4 is 15.5 Å². The molecule has 0 radical (unpaired) electrons. The van der Waals surface area contributed by atoms with E-state index in [1.165, 1.54) is 10.4 Å². The maximum atomic E-state index is 13.3. The second-order valence-corrected chi connectivity index (χ2v) is 8.21. The Labute approximate surface area is 174 Å². The second-order valence-electron chi connectivity index (χ2n) is 7.23. The molecule has 2 heterocycles. The van der Waals surface area contributed by atoms with Crippen molar-refractivity contribution in [2.45, 2.75) is 25.4 Å². The summed E-state index contributed by atoms with van der Waals surface area (Å²) in [6.07, 6.45) is 0.285. The van der Waals surface area contributed by atoms with Crippen LogP contribution >= 0.6 is 11.3 Å². The number of quaternary nitrogens is 1. The fourth-order valence-electron chi connectivity index (χ4n) is 3.83. The van der Waals surface area contributed by atoms with E-state index in [2.05, 4.69) is 34.2 Å². The molecule has 0 bridgehead atoms. The van der Waals surface area contributed by atoms with E-state index in [9.17, 15) is 9.59 Å². The summed E-state index contributed by atoms with van der Waals surface area (Å²) in [5.41, 5.74) is 2.62. The molecule has 4 rings (SSSR count). The van der Waals surface area contributed by atoms with Gasteiger partial charge >= 0.3 is 0 Å². The van der Waals surface area contributed by atoms with E-state index < -0.39 is 0 Å². The fourth-order valence-corrected chi connectivity index (χ4v) is 4.68. The molecule has 2 amide bonds. The maximum Gasteiger partial charge on any atom is 0.282 e. The number of hydrogen-bond acceptors (Lipinski definition) is 3. The van der Waals surface area contributed by atoms with E-state index in [0.29, 0.717) is 12.2 Å². The number of benzene rings is 2. The van der Waals surface area contributed by atoms with Gasteiger partial charge in [0.15, 0.2) is 6.54 Å². The maximum absolute atomic E-state index is 13.3. The van der Waals surface area contributed by atoms with Crippen molar-refractivity contribution in [1.29, 1.82) is 0 Å².